The average molecular weight is 272 g/mol. The Labute approximate surface area is 123 Å². The molecule has 0 aliphatic carbocycles. The molecule has 0 aliphatic rings. The molecule has 0 atom stereocenters. The van der Waals surface area contributed by atoms with Crippen LogP contribution in [0.1, 0.15) is 46.1 Å². The van der Waals surface area contributed by atoms with Crippen LogP contribution in [-0.4, -0.2) is 10.6 Å². The van der Waals surface area contributed by atoms with Crippen molar-refractivity contribution in [3.8, 4) is 0 Å². The molecule has 2 aromatic rings. The highest BCUT2D eigenvalue weighted by molar-refractivity contribution is 5.83. The van der Waals surface area contributed by atoms with E-state index in [1.165, 1.54) is 29.3 Å². The number of rotatable bonds is 7. The Kier molecular flexibility index (Phi) is 5.24. The molecule has 1 aromatic heterocycles. The summed E-state index contributed by atoms with van der Waals surface area (Å²) in [4.78, 5) is 0. The normalized spacial score (nSPS) is 11.9. The molecule has 0 aliphatic heterocycles. The van der Waals surface area contributed by atoms with Gasteiger partial charge in [-0.2, -0.15) is 0 Å². The number of nitrogens with one attached hydrogen (secondary N) is 1. The highest BCUT2D eigenvalue weighted by atomic mass is 15.0. The number of fused-ring (bicyclic) bond motifs is 1. The first kappa shape index (κ1) is 15.1. The van der Waals surface area contributed by atoms with Crippen LogP contribution in [0.2, 0.25) is 0 Å². The molecule has 20 heavy (non-hydrogen) atoms. The number of hydrogen-bond donors (Lipinski definition) is 1. The molecule has 0 spiro atoms. The minimum Gasteiger partial charge on any atom is -0.347 e. The molecule has 0 saturated heterocycles. The standard InChI is InChI=1S/C18H28N2/c1-14(2)7-6-11-20-12-10-17-16(13-19-15(3)4)8-5-9-18(17)20/h5,8-10,12,14-15,19H,6-7,11,13H2,1-4H3. The molecule has 1 N–H and O–H groups in total. The second kappa shape index (κ2) is 6.94. The summed E-state index contributed by atoms with van der Waals surface area (Å²) in [6, 6.07) is 9.44. The Bertz CT molecular complexity index is 537. The zero-order chi connectivity index (χ0) is 14.5. The predicted molar refractivity (Wildman–Crippen MR) is 88.0 cm³/mol. The predicted octanol–water partition coefficient (Wildman–Crippen LogP) is 4.58. The van der Waals surface area contributed by atoms with Crippen molar-refractivity contribution in [3.05, 3.63) is 36.0 Å². The molecule has 1 aromatic carbocycles. The van der Waals surface area contributed by atoms with Crippen LogP contribution in [0.15, 0.2) is 30.5 Å². The van der Waals surface area contributed by atoms with Gasteiger partial charge in [0.1, 0.15) is 0 Å². The fraction of sp³-hybridized carbons (Fsp3) is 0.556. The number of benzene rings is 1. The number of aromatic nitrogens is 1. The Morgan fingerprint density at radius 2 is 1.90 bits per heavy atom. The molecule has 1 heterocycles. The van der Waals surface area contributed by atoms with Crippen LogP contribution >= 0.6 is 0 Å². The Morgan fingerprint density at radius 1 is 1.10 bits per heavy atom. The van der Waals surface area contributed by atoms with E-state index in [0.717, 1.165) is 19.0 Å². The first-order valence-corrected chi connectivity index (χ1v) is 7.88. The van der Waals surface area contributed by atoms with Crippen molar-refractivity contribution in [1.82, 2.24) is 9.88 Å². The maximum atomic E-state index is 3.51. The van der Waals surface area contributed by atoms with Crippen LogP contribution in [0.25, 0.3) is 10.9 Å². The van der Waals surface area contributed by atoms with Gasteiger partial charge in [-0.25, -0.2) is 0 Å². The zero-order valence-corrected chi connectivity index (χ0v) is 13.3. The third-order valence-electron chi connectivity index (χ3n) is 3.79. The number of nitrogens with zero attached hydrogens (tertiary/aromatic N) is 1. The van der Waals surface area contributed by atoms with Crippen LogP contribution < -0.4 is 5.32 Å². The van der Waals surface area contributed by atoms with Crippen molar-refractivity contribution in [2.24, 2.45) is 5.92 Å². The summed E-state index contributed by atoms with van der Waals surface area (Å²) in [6.45, 7) is 11.1. The van der Waals surface area contributed by atoms with Crippen molar-refractivity contribution < 1.29 is 0 Å². The van der Waals surface area contributed by atoms with Crippen molar-refractivity contribution in [2.45, 2.75) is 59.7 Å². The Hall–Kier alpha value is -1.28. The highest BCUT2D eigenvalue weighted by Crippen LogP contribution is 2.21. The van der Waals surface area contributed by atoms with Gasteiger partial charge in [0.2, 0.25) is 0 Å². The van der Waals surface area contributed by atoms with Gasteiger partial charge >= 0.3 is 0 Å². The first-order valence-electron chi connectivity index (χ1n) is 7.88. The third-order valence-corrected chi connectivity index (χ3v) is 3.79. The van der Waals surface area contributed by atoms with Gasteiger partial charge in [-0.15, -0.1) is 0 Å². The van der Waals surface area contributed by atoms with Gasteiger partial charge < -0.3 is 9.88 Å². The smallest absolute Gasteiger partial charge is 0.0483 e. The SMILES string of the molecule is CC(C)CCCn1ccc2c(CNC(C)C)cccc21. The van der Waals surface area contributed by atoms with Crippen molar-refractivity contribution >= 4 is 10.9 Å². The summed E-state index contributed by atoms with van der Waals surface area (Å²) in [5.74, 6) is 0.794. The summed E-state index contributed by atoms with van der Waals surface area (Å²) < 4.78 is 2.40. The molecule has 0 bridgehead atoms. The van der Waals surface area contributed by atoms with E-state index in [9.17, 15) is 0 Å². The van der Waals surface area contributed by atoms with Crippen LogP contribution in [0, 0.1) is 5.92 Å². The molecule has 2 nitrogen and oxygen atoms in total. The van der Waals surface area contributed by atoms with Crippen molar-refractivity contribution in [1.29, 1.82) is 0 Å². The lowest BCUT2D eigenvalue weighted by atomic mass is 10.1. The van der Waals surface area contributed by atoms with E-state index in [2.05, 4.69) is 68.0 Å². The fourth-order valence-corrected chi connectivity index (χ4v) is 2.62. The number of aryl methyl sites for hydroxylation is 1. The van der Waals surface area contributed by atoms with Gasteiger partial charge in [0.05, 0.1) is 0 Å². The molecule has 2 rings (SSSR count). The largest absolute Gasteiger partial charge is 0.347 e. The van der Waals surface area contributed by atoms with E-state index < -0.39 is 0 Å². The van der Waals surface area contributed by atoms with Gasteiger partial charge in [0.15, 0.2) is 0 Å². The van der Waals surface area contributed by atoms with Crippen LogP contribution in [0.3, 0.4) is 0 Å². The summed E-state index contributed by atoms with van der Waals surface area (Å²) >= 11 is 0. The van der Waals surface area contributed by atoms with Crippen LogP contribution in [0.4, 0.5) is 0 Å². The molecule has 0 radical (unpaired) electrons. The zero-order valence-electron chi connectivity index (χ0n) is 13.3. The van der Waals surface area contributed by atoms with E-state index in [1.54, 1.807) is 0 Å². The molecule has 0 fully saturated rings. The first-order chi connectivity index (χ1) is 9.58. The summed E-state index contributed by atoms with van der Waals surface area (Å²) in [5, 5.41) is 4.91. The topological polar surface area (TPSA) is 17.0 Å². The van der Waals surface area contributed by atoms with E-state index in [1.807, 2.05) is 0 Å². The summed E-state index contributed by atoms with van der Waals surface area (Å²) in [5.41, 5.74) is 2.77. The number of hydrogen-bond acceptors (Lipinski definition) is 1. The van der Waals surface area contributed by atoms with E-state index >= 15 is 0 Å². The lowest BCUT2D eigenvalue weighted by Crippen LogP contribution is -2.21. The minimum atomic E-state index is 0.526. The maximum Gasteiger partial charge on any atom is 0.0483 e. The lowest BCUT2D eigenvalue weighted by Gasteiger charge is -2.10. The second-order valence-corrected chi connectivity index (χ2v) is 6.43. The maximum absolute atomic E-state index is 3.51. The molecule has 110 valence electrons. The average Bonchev–Trinajstić information content (AvgIpc) is 2.80. The minimum absolute atomic E-state index is 0.526. The van der Waals surface area contributed by atoms with Crippen molar-refractivity contribution in [2.75, 3.05) is 0 Å². The molecule has 2 heteroatoms. The second-order valence-electron chi connectivity index (χ2n) is 6.43. The summed E-state index contributed by atoms with van der Waals surface area (Å²) in [7, 11) is 0. The Balaban J connectivity index is 2.12. The molecule has 0 unspecified atom stereocenters. The van der Waals surface area contributed by atoms with Gasteiger partial charge in [0, 0.05) is 36.2 Å². The van der Waals surface area contributed by atoms with E-state index in [4.69, 9.17) is 0 Å². The van der Waals surface area contributed by atoms with Crippen molar-refractivity contribution in [3.63, 3.8) is 0 Å². The van der Waals surface area contributed by atoms with E-state index in [0.29, 0.717) is 6.04 Å². The third kappa shape index (κ3) is 3.86. The highest BCUT2D eigenvalue weighted by Gasteiger charge is 2.06. The van der Waals surface area contributed by atoms with Crippen LogP contribution in [-0.2, 0) is 13.1 Å². The van der Waals surface area contributed by atoms with Gasteiger partial charge in [0.25, 0.3) is 0 Å². The van der Waals surface area contributed by atoms with Gasteiger partial charge in [-0.1, -0.05) is 39.8 Å². The summed E-state index contributed by atoms with van der Waals surface area (Å²) in [6.07, 6.45) is 4.80. The quantitative estimate of drug-likeness (QED) is 0.781. The molecular weight excluding hydrogens is 244 g/mol. The van der Waals surface area contributed by atoms with E-state index in [-0.39, 0.29) is 0 Å². The van der Waals surface area contributed by atoms with Gasteiger partial charge in [-0.05, 0) is 36.5 Å². The molecule has 0 saturated carbocycles. The fourth-order valence-electron chi connectivity index (χ4n) is 2.62. The Morgan fingerprint density at radius 3 is 2.60 bits per heavy atom. The van der Waals surface area contributed by atoms with Crippen LogP contribution in [0.5, 0.6) is 0 Å². The lowest BCUT2D eigenvalue weighted by molar-refractivity contribution is 0.518. The van der Waals surface area contributed by atoms with Gasteiger partial charge in [-0.3, -0.25) is 0 Å². The molecule has 0 amide bonds. The molecular formula is C18H28N2. The monoisotopic (exact) mass is 272 g/mol.